The van der Waals surface area contributed by atoms with E-state index in [0.717, 1.165) is 32.1 Å². The zero-order chi connectivity index (χ0) is 16.6. The predicted octanol–water partition coefficient (Wildman–Crippen LogP) is 3.10. The number of rotatable bonds is 1. The fourth-order valence-corrected chi connectivity index (χ4v) is 3.17. The van der Waals surface area contributed by atoms with E-state index < -0.39 is 5.82 Å². The van der Waals surface area contributed by atoms with Crippen molar-refractivity contribution >= 4 is 29.5 Å². The standard InChI is InChI=1S/C16H21ClFN5/c1-4-19-23-11(2)14-13(6-5-12(17)15(14)18)20-16(23)22-9-7-21(3)8-10-22/h4-6,11H,7-10H2,1-3H3/b19-4-. The summed E-state index contributed by atoms with van der Waals surface area (Å²) < 4.78 is 14.5. The number of likely N-dealkylation sites (N-methyl/N-ethyl adjacent to an activating group) is 1. The molecule has 2 aliphatic heterocycles. The maximum atomic E-state index is 14.5. The lowest BCUT2D eigenvalue weighted by Gasteiger charge is -2.41. The predicted molar refractivity (Wildman–Crippen MR) is 92.0 cm³/mol. The Bertz CT molecular complexity index is 652. The first kappa shape index (κ1) is 16.2. The molecule has 5 nitrogen and oxygen atoms in total. The molecule has 7 heteroatoms. The third kappa shape index (κ3) is 2.93. The van der Waals surface area contributed by atoms with Crippen molar-refractivity contribution in [2.75, 3.05) is 33.2 Å². The summed E-state index contributed by atoms with van der Waals surface area (Å²) >= 11 is 5.94. The van der Waals surface area contributed by atoms with Crippen molar-refractivity contribution in [2.45, 2.75) is 19.9 Å². The van der Waals surface area contributed by atoms with Crippen molar-refractivity contribution in [3.63, 3.8) is 0 Å². The van der Waals surface area contributed by atoms with Gasteiger partial charge < -0.3 is 9.80 Å². The zero-order valence-corrected chi connectivity index (χ0v) is 14.4. The highest BCUT2D eigenvalue weighted by atomic mass is 35.5. The molecule has 1 atom stereocenters. The Hall–Kier alpha value is -1.66. The molecule has 0 spiro atoms. The number of hydrazone groups is 1. The number of fused-ring (bicyclic) bond motifs is 1. The van der Waals surface area contributed by atoms with Gasteiger partial charge in [0.25, 0.3) is 0 Å². The minimum atomic E-state index is -0.408. The van der Waals surface area contributed by atoms with Gasteiger partial charge in [-0.2, -0.15) is 5.10 Å². The highest BCUT2D eigenvalue weighted by molar-refractivity contribution is 6.30. The van der Waals surface area contributed by atoms with Crippen molar-refractivity contribution in [1.82, 2.24) is 14.8 Å². The Balaban J connectivity index is 2.05. The third-order valence-corrected chi connectivity index (χ3v) is 4.64. The quantitative estimate of drug-likeness (QED) is 0.739. The second kappa shape index (κ2) is 6.45. The lowest BCUT2D eigenvalue weighted by atomic mass is 10.0. The molecule has 0 aliphatic carbocycles. The van der Waals surface area contributed by atoms with Gasteiger partial charge in [-0.3, -0.25) is 0 Å². The van der Waals surface area contributed by atoms with Gasteiger partial charge in [-0.05, 0) is 33.0 Å². The Morgan fingerprint density at radius 3 is 2.65 bits per heavy atom. The van der Waals surface area contributed by atoms with Gasteiger partial charge in [-0.1, -0.05) is 11.6 Å². The van der Waals surface area contributed by atoms with E-state index in [1.807, 2.05) is 13.8 Å². The van der Waals surface area contributed by atoms with Gasteiger partial charge in [0.05, 0.1) is 16.8 Å². The number of halogens is 2. The fourth-order valence-electron chi connectivity index (χ4n) is 3.00. The average Bonchev–Trinajstić information content (AvgIpc) is 2.54. The smallest absolute Gasteiger partial charge is 0.223 e. The van der Waals surface area contributed by atoms with Crippen LogP contribution in [0.2, 0.25) is 5.02 Å². The van der Waals surface area contributed by atoms with Gasteiger partial charge >= 0.3 is 0 Å². The number of piperazine rings is 1. The molecule has 3 rings (SSSR count). The first-order valence-corrected chi connectivity index (χ1v) is 8.18. The van der Waals surface area contributed by atoms with Crippen LogP contribution >= 0.6 is 11.6 Å². The molecule has 2 aliphatic rings. The summed E-state index contributed by atoms with van der Waals surface area (Å²) in [6.45, 7) is 7.47. The van der Waals surface area contributed by atoms with Crippen LogP contribution in [0.25, 0.3) is 0 Å². The summed E-state index contributed by atoms with van der Waals surface area (Å²) in [6.07, 6.45) is 1.70. The van der Waals surface area contributed by atoms with Gasteiger partial charge in [-0.25, -0.2) is 14.4 Å². The second-order valence-electron chi connectivity index (χ2n) is 5.89. The van der Waals surface area contributed by atoms with Crippen LogP contribution < -0.4 is 0 Å². The molecule has 0 aromatic heterocycles. The number of aliphatic imine (C=N–C) groups is 1. The van der Waals surface area contributed by atoms with E-state index in [1.54, 1.807) is 23.4 Å². The molecule has 1 unspecified atom stereocenters. The number of hydrogen-bond acceptors (Lipinski definition) is 5. The average molecular weight is 338 g/mol. The van der Waals surface area contributed by atoms with Crippen molar-refractivity contribution in [3.8, 4) is 0 Å². The minimum absolute atomic E-state index is 0.120. The summed E-state index contributed by atoms with van der Waals surface area (Å²) in [6, 6.07) is 3.08. The first-order valence-electron chi connectivity index (χ1n) is 7.80. The molecule has 0 bridgehead atoms. The topological polar surface area (TPSA) is 34.4 Å². The maximum Gasteiger partial charge on any atom is 0.223 e. The van der Waals surface area contributed by atoms with Crippen LogP contribution in [0.4, 0.5) is 10.1 Å². The van der Waals surface area contributed by atoms with Crippen LogP contribution in [-0.4, -0.2) is 60.2 Å². The van der Waals surface area contributed by atoms with Gasteiger partial charge in [0.1, 0.15) is 5.82 Å². The van der Waals surface area contributed by atoms with E-state index in [2.05, 4.69) is 26.9 Å². The maximum absolute atomic E-state index is 14.5. The largest absolute Gasteiger partial charge is 0.338 e. The van der Waals surface area contributed by atoms with Gasteiger partial charge in [-0.15, -0.1) is 0 Å². The molecule has 124 valence electrons. The molecule has 1 aromatic rings. The number of nitrogens with zero attached hydrogens (tertiary/aromatic N) is 5. The van der Waals surface area contributed by atoms with E-state index >= 15 is 0 Å². The van der Waals surface area contributed by atoms with Crippen molar-refractivity contribution < 1.29 is 4.39 Å². The molecule has 0 radical (unpaired) electrons. The van der Waals surface area contributed by atoms with Crippen LogP contribution in [-0.2, 0) is 0 Å². The van der Waals surface area contributed by atoms with Crippen molar-refractivity contribution in [3.05, 3.63) is 28.5 Å². The van der Waals surface area contributed by atoms with Crippen LogP contribution in [0, 0.1) is 5.82 Å². The molecule has 0 amide bonds. The van der Waals surface area contributed by atoms with Gasteiger partial charge in [0.15, 0.2) is 0 Å². The highest BCUT2D eigenvalue weighted by Gasteiger charge is 2.33. The van der Waals surface area contributed by atoms with E-state index in [9.17, 15) is 4.39 Å². The highest BCUT2D eigenvalue weighted by Crippen LogP contribution is 2.39. The first-order chi connectivity index (χ1) is 11.0. The van der Waals surface area contributed by atoms with Crippen LogP contribution in [0.3, 0.4) is 0 Å². The van der Waals surface area contributed by atoms with E-state index in [-0.39, 0.29) is 11.1 Å². The summed E-state index contributed by atoms with van der Waals surface area (Å²) in [5, 5.41) is 6.33. The van der Waals surface area contributed by atoms with Gasteiger partial charge in [0, 0.05) is 38.0 Å². The lowest BCUT2D eigenvalue weighted by Crippen LogP contribution is -2.52. The molecule has 1 saturated heterocycles. The number of benzene rings is 1. The van der Waals surface area contributed by atoms with E-state index in [4.69, 9.17) is 11.6 Å². The summed E-state index contributed by atoms with van der Waals surface area (Å²) in [5.74, 6) is 0.368. The lowest BCUT2D eigenvalue weighted by molar-refractivity contribution is 0.186. The normalized spacial score (nSPS) is 22.5. The van der Waals surface area contributed by atoms with E-state index in [0.29, 0.717) is 11.3 Å². The van der Waals surface area contributed by atoms with Crippen LogP contribution in [0.5, 0.6) is 0 Å². The SMILES string of the molecule is C/C=N\N1C(N2CCN(C)CC2)=Nc2ccc(Cl)c(F)c2C1C. The molecule has 1 fully saturated rings. The minimum Gasteiger partial charge on any atom is -0.338 e. The Morgan fingerprint density at radius 2 is 2.00 bits per heavy atom. The summed E-state index contributed by atoms with van der Waals surface area (Å²) in [7, 11) is 2.11. The number of hydrogen-bond donors (Lipinski definition) is 0. The van der Waals surface area contributed by atoms with Crippen molar-refractivity contribution in [2.24, 2.45) is 10.1 Å². The summed E-state index contributed by atoms with van der Waals surface area (Å²) in [4.78, 5) is 9.17. The fraction of sp³-hybridized carbons (Fsp3) is 0.500. The van der Waals surface area contributed by atoms with Crippen LogP contribution in [0.15, 0.2) is 22.2 Å². The van der Waals surface area contributed by atoms with Crippen molar-refractivity contribution in [1.29, 1.82) is 0 Å². The Kier molecular flexibility index (Phi) is 4.55. The summed E-state index contributed by atoms with van der Waals surface area (Å²) in [5.41, 5.74) is 1.14. The molecular weight excluding hydrogens is 317 g/mol. The van der Waals surface area contributed by atoms with Crippen LogP contribution in [0.1, 0.15) is 25.5 Å². The zero-order valence-electron chi connectivity index (χ0n) is 13.6. The van der Waals surface area contributed by atoms with Gasteiger partial charge in [0.2, 0.25) is 5.96 Å². The molecule has 0 saturated carbocycles. The molecule has 23 heavy (non-hydrogen) atoms. The Morgan fingerprint density at radius 1 is 1.30 bits per heavy atom. The second-order valence-corrected chi connectivity index (χ2v) is 6.30. The van der Waals surface area contributed by atoms with E-state index in [1.165, 1.54) is 0 Å². The molecule has 1 aromatic carbocycles. The Labute approximate surface area is 141 Å². The third-order valence-electron chi connectivity index (χ3n) is 4.35. The molecule has 2 heterocycles. The molecule has 0 N–H and O–H groups in total. The monoisotopic (exact) mass is 337 g/mol. The number of guanidine groups is 1. The molecular formula is C16H21ClFN5.